The van der Waals surface area contributed by atoms with Gasteiger partial charge in [-0.05, 0) is 43.2 Å². The van der Waals surface area contributed by atoms with E-state index in [-0.39, 0.29) is 28.4 Å². The van der Waals surface area contributed by atoms with Crippen LogP contribution in [-0.2, 0) is 4.79 Å². The predicted molar refractivity (Wildman–Crippen MR) is 123 cm³/mol. The molecule has 0 radical (unpaired) electrons. The molecule has 0 aromatic heterocycles. The van der Waals surface area contributed by atoms with Crippen LogP contribution in [0.15, 0.2) is 36.4 Å². The number of nitrogens with one attached hydrogen (secondary N) is 1. The molecule has 0 spiro atoms. The quantitative estimate of drug-likeness (QED) is 0.528. The summed E-state index contributed by atoms with van der Waals surface area (Å²) in [4.78, 5) is 26.6. The van der Waals surface area contributed by atoms with Gasteiger partial charge in [-0.15, -0.1) is 0 Å². The van der Waals surface area contributed by atoms with Gasteiger partial charge in [0, 0.05) is 23.9 Å². The summed E-state index contributed by atoms with van der Waals surface area (Å²) in [5.41, 5.74) is 1.93. The molecule has 1 aliphatic rings. The van der Waals surface area contributed by atoms with Gasteiger partial charge in [0.05, 0.1) is 23.7 Å². The van der Waals surface area contributed by atoms with Crippen LogP contribution in [0.1, 0.15) is 51.0 Å². The van der Waals surface area contributed by atoms with Crippen molar-refractivity contribution in [1.82, 2.24) is 0 Å². The fourth-order valence-electron chi connectivity index (χ4n) is 4.22. The van der Waals surface area contributed by atoms with E-state index in [0.717, 1.165) is 17.3 Å². The minimum Gasteiger partial charge on any atom is -0.495 e. The van der Waals surface area contributed by atoms with Gasteiger partial charge in [-0.25, -0.2) is 9.18 Å². The predicted octanol–water partition coefficient (Wildman–Crippen LogP) is 6.29. The lowest BCUT2D eigenvalue weighted by Gasteiger charge is -2.37. The Morgan fingerprint density at radius 1 is 1.19 bits per heavy atom. The van der Waals surface area contributed by atoms with Crippen molar-refractivity contribution in [3.05, 3.63) is 52.8 Å². The fourth-order valence-corrected chi connectivity index (χ4v) is 4.37. The highest BCUT2D eigenvalue weighted by Crippen LogP contribution is 2.36. The number of anilines is 2. The summed E-state index contributed by atoms with van der Waals surface area (Å²) >= 11 is 5.85. The number of ether oxygens (including phenoxy) is 1. The van der Waals surface area contributed by atoms with Crippen LogP contribution >= 0.6 is 11.6 Å². The van der Waals surface area contributed by atoms with Crippen molar-refractivity contribution in [2.24, 2.45) is 5.92 Å². The van der Waals surface area contributed by atoms with Gasteiger partial charge in [0.1, 0.15) is 11.6 Å². The number of carbonyl (C=O) groups is 2. The number of carboxylic acids is 1. The number of halogens is 2. The van der Waals surface area contributed by atoms with Crippen LogP contribution in [0.25, 0.3) is 0 Å². The molecule has 32 heavy (non-hydrogen) atoms. The Morgan fingerprint density at radius 3 is 2.44 bits per heavy atom. The third-order valence-electron chi connectivity index (χ3n) is 5.93. The second-order valence-electron chi connectivity index (χ2n) is 8.32. The Kier molecular flexibility index (Phi) is 7.61. The van der Waals surface area contributed by atoms with Gasteiger partial charge in [-0.3, -0.25) is 9.69 Å². The molecule has 1 saturated carbocycles. The Morgan fingerprint density at radius 2 is 1.84 bits per heavy atom. The molecule has 6 nitrogen and oxygen atoms in total. The molecular weight excluding hydrogens is 435 g/mol. The molecule has 0 heterocycles. The van der Waals surface area contributed by atoms with Crippen LogP contribution in [0.4, 0.5) is 20.6 Å². The Hall–Kier alpha value is -2.80. The molecule has 2 N–H and O–H groups in total. The molecule has 0 aliphatic heterocycles. The first-order valence-corrected chi connectivity index (χ1v) is 11.1. The summed E-state index contributed by atoms with van der Waals surface area (Å²) in [5.74, 6) is -1.46. The number of benzene rings is 2. The van der Waals surface area contributed by atoms with Crippen molar-refractivity contribution in [2.75, 3.05) is 17.3 Å². The van der Waals surface area contributed by atoms with E-state index in [2.05, 4.69) is 5.32 Å². The molecule has 0 saturated heterocycles. The third-order valence-corrected chi connectivity index (χ3v) is 6.22. The monoisotopic (exact) mass is 462 g/mol. The number of nitrogens with zero attached hydrogens (tertiary/aromatic N) is 1. The number of methoxy groups -OCH3 is 1. The van der Waals surface area contributed by atoms with E-state index in [1.807, 2.05) is 38.1 Å². The number of aliphatic carboxylic acids is 1. The minimum absolute atomic E-state index is 0.103. The van der Waals surface area contributed by atoms with Crippen molar-refractivity contribution in [3.8, 4) is 5.75 Å². The first-order valence-electron chi connectivity index (χ1n) is 10.7. The summed E-state index contributed by atoms with van der Waals surface area (Å²) in [6.45, 7) is 4.10. The zero-order valence-corrected chi connectivity index (χ0v) is 19.2. The Bertz CT molecular complexity index is 990. The maximum atomic E-state index is 14.1. The normalized spacial score (nSPS) is 18.3. The van der Waals surface area contributed by atoms with E-state index in [1.54, 1.807) is 4.90 Å². The van der Waals surface area contributed by atoms with Crippen LogP contribution in [0.5, 0.6) is 5.75 Å². The van der Waals surface area contributed by atoms with E-state index < -0.39 is 23.7 Å². The number of urea groups is 1. The topological polar surface area (TPSA) is 78.9 Å². The van der Waals surface area contributed by atoms with Gasteiger partial charge in [-0.1, -0.05) is 43.6 Å². The van der Waals surface area contributed by atoms with Crippen molar-refractivity contribution in [3.63, 3.8) is 0 Å². The highest BCUT2D eigenvalue weighted by molar-refractivity contribution is 6.31. The Balaban J connectivity index is 1.97. The lowest BCUT2D eigenvalue weighted by molar-refractivity contribution is -0.142. The van der Waals surface area contributed by atoms with Crippen LogP contribution in [0.3, 0.4) is 0 Å². The molecule has 2 amide bonds. The van der Waals surface area contributed by atoms with E-state index in [4.69, 9.17) is 16.3 Å². The molecule has 8 heteroatoms. The number of rotatable bonds is 6. The molecule has 1 aliphatic carbocycles. The average molecular weight is 463 g/mol. The maximum Gasteiger partial charge on any atom is 0.326 e. The molecule has 172 valence electrons. The van der Waals surface area contributed by atoms with Gasteiger partial charge in [-0.2, -0.15) is 0 Å². The zero-order valence-electron chi connectivity index (χ0n) is 18.4. The van der Waals surface area contributed by atoms with Gasteiger partial charge >= 0.3 is 12.0 Å². The number of amides is 2. The standard InChI is InChI=1S/C24H28ClFN2O4/c1-14(2)17-6-4-5-7-21(17)28(16-10-8-15(9-11-16)23(29)30)24(31)27-20-13-19(26)18(25)12-22(20)32-3/h4-7,12-16H,8-11H2,1-3H3,(H,27,31)(H,29,30). The van der Waals surface area contributed by atoms with Gasteiger partial charge < -0.3 is 15.2 Å². The van der Waals surface area contributed by atoms with Crippen LogP contribution < -0.4 is 15.0 Å². The molecule has 3 rings (SSSR count). The van der Waals surface area contributed by atoms with Crippen molar-refractivity contribution < 1.29 is 23.8 Å². The lowest BCUT2D eigenvalue weighted by atomic mass is 9.85. The number of hydrogen-bond acceptors (Lipinski definition) is 3. The zero-order chi connectivity index (χ0) is 23.4. The van der Waals surface area contributed by atoms with Gasteiger partial charge in [0.2, 0.25) is 0 Å². The van der Waals surface area contributed by atoms with Gasteiger partial charge in [0.25, 0.3) is 0 Å². The summed E-state index contributed by atoms with van der Waals surface area (Å²) < 4.78 is 19.4. The largest absolute Gasteiger partial charge is 0.495 e. The van der Waals surface area contributed by atoms with Gasteiger partial charge in [0.15, 0.2) is 0 Å². The number of carbonyl (C=O) groups excluding carboxylic acids is 1. The van der Waals surface area contributed by atoms with Crippen LogP contribution in [0.2, 0.25) is 5.02 Å². The summed E-state index contributed by atoms with van der Waals surface area (Å²) in [6, 6.07) is 9.49. The van der Waals surface area contributed by atoms with E-state index in [9.17, 15) is 19.1 Å². The summed E-state index contributed by atoms with van der Waals surface area (Å²) in [6.07, 6.45) is 2.10. The smallest absolute Gasteiger partial charge is 0.326 e. The number of hydrogen-bond donors (Lipinski definition) is 2. The second-order valence-corrected chi connectivity index (χ2v) is 8.73. The van der Waals surface area contributed by atoms with Crippen molar-refractivity contribution >= 4 is 35.0 Å². The average Bonchev–Trinajstić information content (AvgIpc) is 2.77. The first-order chi connectivity index (χ1) is 15.2. The molecule has 2 aromatic carbocycles. The van der Waals surface area contributed by atoms with Crippen molar-refractivity contribution in [1.29, 1.82) is 0 Å². The van der Waals surface area contributed by atoms with Crippen LogP contribution in [-0.4, -0.2) is 30.3 Å². The molecule has 0 bridgehead atoms. The van der Waals surface area contributed by atoms with E-state index >= 15 is 0 Å². The summed E-state index contributed by atoms with van der Waals surface area (Å²) in [5, 5.41) is 12.0. The first kappa shape index (κ1) is 23.9. The van der Waals surface area contributed by atoms with E-state index in [1.165, 1.54) is 13.2 Å². The highest BCUT2D eigenvalue weighted by Gasteiger charge is 2.34. The summed E-state index contributed by atoms with van der Waals surface area (Å²) in [7, 11) is 1.41. The Labute approximate surface area is 192 Å². The van der Waals surface area contributed by atoms with Crippen LogP contribution in [0, 0.1) is 11.7 Å². The van der Waals surface area contributed by atoms with Crippen molar-refractivity contribution in [2.45, 2.75) is 51.5 Å². The highest BCUT2D eigenvalue weighted by atomic mass is 35.5. The number of carboxylic acid groups (broad SMARTS) is 1. The van der Waals surface area contributed by atoms with E-state index in [0.29, 0.717) is 25.7 Å². The lowest BCUT2D eigenvalue weighted by Crippen LogP contribution is -2.46. The molecule has 2 aromatic rings. The SMILES string of the molecule is COc1cc(Cl)c(F)cc1NC(=O)N(c1ccccc1C(C)C)C1CCC(C(=O)O)CC1. The molecular formula is C24H28ClFN2O4. The third kappa shape index (κ3) is 5.15. The minimum atomic E-state index is -0.802. The second kappa shape index (κ2) is 10.2. The molecule has 0 unspecified atom stereocenters. The maximum absolute atomic E-state index is 14.1. The molecule has 0 atom stereocenters. The fraction of sp³-hybridized carbons (Fsp3) is 0.417. The molecule has 1 fully saturated rings. The number of para-hydroxylation sites is 1.